The van der Waals surface area contributed by atoms with E-state index in [0.29, 0.717) is 6.42 Å². The number of hydrogen-bond acceptors (Lipinski definition) is 2. The van der Waals surface area contributed by atoms with Crippen molar-refractivity contribution < 1.29 is 9.53 Å². The topological polar surface area (TPSA) is 26.3 Å². The van der Waals surface area contributed by atoms with Gasteiger partial charge in [0.25, 0.3) is 0 Å². The average Bonchev–Trinajstić information content (AvgIpc) is 2.09. The van der Waals surface area contributed by atoms with Crippen molar-refractivity contribution in [3.05, 3.63) is 0 Å². The highest BCUT2D eigenvalue weighted by Crippen LogP contribution is 2.25. The van der Waals surface area contributed by atoms with E-state index < -0.39 is 0 Å². The number of rotatable bonds is 2. The van der Waals surface area contributed by atoms with E-state index in [1.807, 2.05) is 6.92 Å². The van der Waals surface area contributed by atoms with Gasteiger partial charge in [-0.1, -0.05) is 13.8 Å². The van der Waals surface area contributed by atoms with Crippen LogP contribution in [0.3, 0.4) is 0 Å². The number of carbonyl (C=O) groups excluding carboxylic acids is 1. The lowest BCUT2D eigenvalue weighted by molar-refractivity contribution is -0.150. The fraction of sp³-hybridized carbons (Fsp3) is 0.900. The third-order valence-electron chi connectivity index (χ3n) is 2.55. The van der Waals surface area contributed by atoms with Gasteiger partial charge in [0.15, 0.2) is 0 Å². The smallest absolute Gasteiger partial charge is 0.305 e. The molecule has 0 unspecified atom stereocenters. The molecule has 1 aliphatic rings. The summed E-state index contributed by atoms with van der Waals surface area (Å²) in [6, 6.07) is 0. The van der Waals surface area contributed by atoms with Crippen LogP contribution >= 0.6 is 0 Å². The van der Waals surface area contributed by atoms with Crippen molar-refractivity contribution >= 4 is 5.97 Å². The minimum absolute atomic E-state index is 0.0467. The van der Waals surface area contributed by atoms with Crippen molar-refractivity contribution in [2.45, 2.75) is 52.1 Å². The van der Waals surface area contributed by atoms with Crippen molar-refractivity contribution in [1.29, 1.82) is 0 Å². The maximum atomic E-state index is 10.9. The Hall–Kier alpha value is -0.530. The van der Waals surface area contributed by atoms with Crippen molar-refractivity contribution in [3.63, 3.8) is 0 Å². The molecule has 1 rings (SSSR count). The largest absolute Gasteiger partial charge is 0.462 e. The van der Waals surface area contributed by atoms with Crippen LogP contribution in [0, 0.1) is 5.92 Å². The van der Waals surface area contributed by atoms with Crippen molar-refractivity contribution in [2.75, 3.05) is 0 Å². The van der Waals surface area contributed by atoms with Gasteiger partial charge in [-0.25, -0.2) is 0 Å². The molecular formula is C10H18O2. The Morgan fingerprint density at radius 1 is 1.33 bits per heavy atom. The molecule has 70 valence electrons. The van der Waals surface area contributed by atoms with Gasteiger partial charge in [0.1, 0.15) is 6.10 Å². The Labute approximate surface area is 74.3 Å². The van der Waals surface area contributed by atoms with Gasteiger partial charge < -0.3 is 4.74 Å². The van der Waals surface area contributed by atoms with Crippen LogP contribution in [0.2, 0.25) is 0 Å². The summed E-state index contributed by atoms with van der Waals surface area (Å²) in [5.41, 5.74) is 0. The molecule has 0 aromatic carbocycles. The molecule has 2 heteroatoms. The summed E-state index contributed by atoms with van der Waals surface area (Å²) in [5, 5.41) is 0. The van der Waals surface area contributed by atoms with Crippen LogP contribution in [0.4, 0.5) is 0 Å². The molecule has 2 nitrogen and oxygen atoms in total. The van der Waals surface area contributed by atoms with Crippen molar-refractivity contribution in [3.8, 4) is 0 Å². The molecule has 1 saturated carbocycles. The summed E-state index contributed by atoms with van der Waals surface area (Å²) in [6.07, 6.45) is 5.27. The van der Waals surface area contributed by atoms with E-state index in [1.165, 1.54) is 12.8 Å². The summed E-state index contributed by atoms with van der Waals surface area (Å²) < 4.78 is 5.25. The summed E-state index contributed by atoms with van der Waals surface area (Å²) in [5.74, 6) is 0.774. The minimum atomic E-state index is -0.0467. The maximum absolute atomic E-state index is 10.9. The quantitative estimate of drug-likeness (QED) is 0.595. The van der Waals surface area contributed by atoms with Crippen LogP contribution in [-0.2, 0) is 9.53 Å². The Balaban J connectivity index is 2.21. The Morgan fingerprint density at radius 3 is 2.42 bits per heavy atom. The Bertz CT molecular complexity index is 146. The van der Waals surface area contributed by atoms with Gasteiger partial charge in [0, 0.05) is 6.42 Å². The minimum Gasteiger partial charge on any atom is -0.462 e. The third-order valence-corrected chi connectivity index (χ3v) is 2.55. The van der Waals surface area contributed by atoms with Gasteiger partial charge in [0.2, 0.25) is 0 Å². The summed E-state index contributed by atoms with van der Waals surface area (Å²) in [6.45, 7) is 4.10. The fourth-order valence-electron chi connectivity index (χ4n) is 1.62. The highest BCUT2D eigenvalue weighted by atomic mass is 16.5. The van der Waals surface area contributed by atoms with E-state index in [9.17, 15) is 4.79 Å². The zero-order valence-corrected chi connectivity index (χ0v) is 8.01. The van der Waals surface area contributed by atoms with E-state index >= 15 is 0 Å². The van der Waals surface area contributed by atoms with Crippen molar-refractivity contribution in [1.82, 2.24) is 0 Å². The standard InChI is InChI=1S/C10H18O2/c1-3-10(11)12-9-6-4-8(2)5-7-9/h8-9H,3-7H2,1-2H3. The molecule has 0 amide bonds. The normalized spacial score (nSPS) is 29.8. The number of ether oxygens (including phenoxy) is 1. The first-order chi connectivity index (χ1) is 5.72. The first kappa shape index (κ1) is 9.56. The third kappa shape index (κ3) is 2.84. The summed E-state index contributed by atoms with van der Waals surface area (Å²) in [4.78, 5) is 10.9. The highest BCUT2D eigenvalue weighted by Gasteiger charge is 2.20. The molecule has 1 fully saturated rings. The molecule has 0 radical (unpaired) electrons. The molecule has 0 heterocycles. The van der Waals surface area contributed by atoms with Crippen LogP contribution in [0.1, 0.15) is 46.0 Å². The zero-order chi connectivity index (χ0) is 8.97. The molecule has 0 aromatic heterocycles. The summed E-state index contributed by atoms with van der Waals surface area (Å²) >= 11 is 0. The molecule has 0 aromatic rings. The van der Waals surface area contributed by atoms with Crippen LogP contribution in [0.15, 0.2) is 0 Å². The predicted molar refractivity (Wildman–Crippen MR) is 47.8 cm³/mol. The molecule has 0 atom stereocenters. The molecule has 0 aliphatic heterocycles. The van der Waals surface area contributed by atoms with Gasteiger partial charge in [-0.05, 0) is 31.6 Å². The van der Waals surface area contributed by atoms with Gasteiger partial charge in [-0.2, -0.15) is 0 Å². The molecule has 0 N–H and O–H groups in total. The monoisotopic (exact) mass is 170 g/mol. The van der Waals surface area contributed by atoms with Gasteiger partial charge in [-0.15, -0.1) is 0 Å². The van der Waals surface area contributed by atoms with E-state index in [1.54, 1.807) is 0 Å². The van der Waals surface area contributed by atoms with Crippen LogP contribution in [-0.4, -0.2) is 12.1 Å². The lowest BCUT2D eigenvalue weighted by Crippen LogP contribution is -2.23. The van der Waals surface area contributed by atoms with Crippen molar-refractivity contribution in [2.24, 2.45) is 5.92 Å². The molecule has 12 heavy (non-hydrogen) atoms. The predicted octanol–water partition coefficient (Wildman–Crippen LogP) is 2.52. The Kier molecular flexibility index (Phi) is 3.57. The number of hydrogen-bond donors (Lipinski definition) is 0. The van der Waals surface area contributed by atoms with Crippen LogP contribution in [0.25, 0.3) is 0 Å². The SMILES string of the molecule is CCC(=O)OC1CCC(C)CC1. The number of esters is 1. The van der Waals surface area contributed by atoms with Crippen LogP contribution < -0.4 is 0 Å². The second-order valence-electron chi connectivity index (χ2n) is 3.73. The lowest BCUT2D eigenvalue weighted by Gasteiger charge is -2.25. The van der Waals surface area contributed by atoms with Crippen LogP contribution in [0.5, 0.6) is 0 Å². The van der Waals surface area contributed by atoms with E-state index in [2.05, 4.69) is 6.92 Å². The second kappa shape index (κ2) is 4.48. The second-order valence-corrected chi connectivity index (χ2v) is 3.73. The van der Waals surface area contributed by atoms with E-state index in [4.69, 9.17) is 4.74 Å². The number of carbonyl (C=O) groups is 1. The van der Waals surface area contributed by atoms with Gasteiger partial charge in [0.05, 0.1) is 0 Å². The average molecular weight is 170 g/mol. The molecular weight excluding hydrogens is 152 g/mol. The van der Waals surface area contributed by atoms with E-state index in [-0.39, 0.29) is 12.1 Å². The van der Waals surface area contributed by atoms with E-state index in [0.717, 1.165) is 18.8 Å². The zero-order valence-electron chi connectivity index (χ0n) is 8.01. The van der Waals surface area contributed by atoms with Gasteiger partial charge in [-0.3, -0.25) is 4.79 Å². The molecule has 0 saturated heterocycles. The first-order valence-corrected chi connectivity index (χ1v) is 4.91. The maximum Gasteiger partial charge on any atom is 0.305 e. The fourth-order valence-corrected chi connectivity index (χ4v) is 1.62. The molecule has 0 spiro atoms. The highest BCUT2D eigenvalue weighted by molar-refractivity contribution is 5.69. The summed E-state index contributed by atoms with van der Waals surface area (Å²) in [7, 11) is 0. The molecule has 1 aliphatic carbocycles. The van der Waals surface area contributed by atoms with Gasteiger partial charge >= 0.3 is 5.97 Å². The first-order valence-electron chi connectivity index (χ1n) is 4.91. The lowest BCUT2D eigenvalue weighted by atomic mass is 9.89. The molecule has 0 bridgehead atoms. The Morgan fingerprint density at radius 2 is 1.92 bits per heavy atom.